The maximum Gasteiger partial charge on any atom is 0.317 e. The van der Waals surface area contributed by atoms with Gasteiger partial charge in [-0.3, -0.25) is 0 Å². The highest BCUT2D eigenvalue weighted by Crippen LogP contribution is 2.21. The number of carbonyl (C=O) groups excluding carboxylic acids is 1. The molecule has 0 saturated carbocycles. The molecule has 1 atom stereocenters. The van der Waals surface area contributed by atoms with Gasteiger partial charge in [-0.15, -0.1) is 21.5 Å². The summed E-state index contributed by atoms with van der Waals surface area (Å²) in [5.41, 5.74) is 0. The van der Waals surface area contributed by atoms with Gasteiger partial charge in [0.05, 0.1) is 13.1 Å². The van der Waals surface area contributed by atoms with Crippen LogP contribution in [0, 0.1) is 0 Å². The van der Waals surface area contributed by atoms with Crippen molar-refractivity contribution in [3.8, 4) is 0 Å². The van der Waals surface area contributed by atoms with Crippen molar-refractivity contribution in [1.82, 2.24) is 25.0 Å². The number of hydrogen-bond acceptors (Lipinski definition) is 5. The molecule has 0 aliphatic rings. The van der Waals surface area contributed by atoms with Gasteiger partial charge in [0.1, 0.15) is 12.4 Å². The SMILES string of the molecule is CO[C@H](CNC(=O)N(C)Cc1nncn1C(C)C)c1cccs1. The van der Waals surface area contributed by atoms with Crippen molar-refractivity contribution < 1.29 is 9.53 Å². The molecule has 7 nitrogen and oxygen atoms in total. The molecule has 23 heavy (non-hydrogen) atoms. The second-order valence-corrected chi connectivity index (χ2v) is 6.51. The van der Waals surface area contributed by atoms with Crippen molar-refractivity contribution in [3.05, 3.63) is 34.5 Å². The Morgan fingerprint density at radius 3 is 2.91 bits per heavy atom. The Bertz CT molecular complexity index is 611. The summed E-state index contributed by atoms with van der Waals surface area (Å²) in [5, 5.41) is 12.9. The van der Waals surface area contributed by atoms with Gasteiger partial charge >= 0.3 is 6.03 Å². The molecule has 126 valence electrons. The monoisotopic (exact) mass is 337 g/mol. The Kier molecular flexibility index (Phi) is 6.12. The van der Waals surface area contributed by atoms with Crippen molar-refractivity contribution in [3.63, 3.8) is 0 Å². The lowest BCUT2D eigenvalue weighted by atomic mass is 10.3. The van der Waals surface area contributed by atoms with Crippen molar-refractivity contribution in [2.45, 2.75) is 32.5 Å². The summed E-state index contributed by atoms with van der Waals surface area (Å²) in [6, 6.07) is 4.06. The molecule has 2 aromatic heterocycles. The first-order chi connectivity index (χ1) is 11.0. The van der Waals surface area contributed by atoms with E-state index >= 15 is 0 Å². The number of rotatable bonds is 7. The number of carbonyl (C=O) groups is 1. The second-order valence-electron chi connectivity index (χ2n) is 5.53. The lowest BCUT2D eigenvalue weighted by Crippen LogP contribution is -2.39. The van der Waals surface area contributed by atoms with Crippen LogP contribution in [0.4, 0.5) is 4.79 Å². The number of amides is 2. The van der Waals surface area contributed by atoms with Gasteiger partial charge in [0, 0.05) is 25.1 Å². The van der Waals surface area contributed by atoms with Crippen molar-refractivity contribution in [1.29, 1.82) is 0 Å². The van der Waals surface area contributed by atoms with E-state index < -0.39 is 0 Å². The highest BCUT2D eigenvalue weighted by Gasteiger charge is 2.17. The van der Waals surface area contributed by atoms with Gasteiger partial charge in [-0.1, -0.05) is 6.07 Å². The number of urea groups is 1. The van der Waals surface area contributed by atoms with E-state index in [4.69, 9.17) is 4.74 Å². The molecule has 0 saturated heterocycles. The van der Waals surface area contributed by atoms with Gasteiger partial charge in [0.25, 0.3) is 0 Å². The summed E-state index contributed by atoms with van der Waals surface area (Å²) in [6.45, 7) is 4.94. The molecular formula is C15H23N5O2S. The molecule has 0 aliphatic carbocycles. The Morgan fingerprint density at radius 1 is 1.52 bits per heavy atom. The van der Waals surface area contributed by atoms with Gasteiger partial charge in [0.15, 0.2) is 5.82 Å². The van der Waals surface area contributed by atoms with Crippen LogP contribution in [0.15, 0.2) is 23.8 Å². The Morgan fingerprint density at radius 2 is 2.30 bits per heavy atom. The van der Waals surface area contributed by atoms with Crippen LogP contribution in [0.25, 0.3) is 0 Å². The van der Waals surface area contributed by atoms with Crippen molar-refractivity contribution in [2.75, 3.05) is 20.7 Å². The average Bonchev–Trinajstić information content (AvgIpc) is 3.19. The van der Waals surface area contributed by atoms with Gasteiger partial charge in [-0.2, -0.15) is 0 Å². The zero-order valence-corrected chi connectivity index (χ0v) is 14.7. The molecule has 0 radical (unpaired) electrons. The lowest BCUT2D eigenvalue weighted by molar-refractivity contribution is 0.104. The van der Waals surface area contributed by atoms with Gasteiger partial charge < -0.3 is 19.5 Å². The molecule has 2 rings (SSSR count). The summed E-state index contributed by atoms with van der Waals surface area (Å²) in [6.07, 6.45) is 1.55. The third-order valence-corrected chi connectivity index (χ3v) is 4.48. The molecule has 1 N–H and O–H groups in total. The van der Waals surface area contributed by atoms with Crippen molar-refractivity contribution in [2.24, 2.45) is 0 Å². The normalized spacial score (nSPS) is 12.4. The van der Waals surface area contributed by atoms with Crippen LogP contribution in [0.1, 0.15) is 36.7 Å². The van der Waals surface area contributed by atoms with Crippen LogP contribution in [-0.2, 0) is 11.3 Å². The second kappa shape index (κ2) is 8.07. The van der Waals surface area contributed by atoms with Crippen LogP contribution in [-0.4, -0.2) is 46.4 Å². The largest absolute Gasteiger partial charge is 0.374 e. The molecule has 0 aliphatic heterocycles. The third kappa shape index (κ3) is 4.52. The van der Waals surface area contributed by atoms with Crippen molar-refractivity contribution >= 4 is 17.4 Å². The van der Waals surface area contributed by atoms with Crippen LogP contribution in [0.5, 0.6) is 0 Å². The highest BCUT2D eigenvalue weighted by molar-refractivity contribution is 7.10. The van der Waals surface area contributed by atoms with E-state index in [1.165, 1.54) is 0 Å². The lowest BCUT2D eigenvalue weighted by Gasteiger charge is -2.21. The number of aromatic nitrogens is 3. The van der Waals surface area contributed by atoms with Gasteiger partial charge in [0.2, 0.25) is 0 Å². The fourth-order valence-electron chi connectivity index (χ4n) is 2.18. The third-order valence-electron chi connectivity index (χ3n) is 3.51. The summed E-state index contributed by atoms with van der Waals surface area (Å²) in [7, 11) is 3.38. The zero-order chi connectivity index (χ0) is 16.8. The highest BCUT2D eigenvalue weighted by atomic mass is 32.1. The van der Waals surface area contributed by atoms with E-state index in [0.717, 1.165) is 10.7 Å². The van der Waals surface area contributed by atoms with Crippen LogP contribution in [0.3, 0.4) is 0 Å². The molecule has 2 amide bonds. The predicted molar refractivity (Wildman–Crippen MR) is 89.3 cm³/mol. The standard InChI is InChI=1S/C15H23N5O2S/c1-11(2)20-10-17-18-14(20)9-19(3)15(21)16-8-12(22-4)13-6-5-7-23-13/h5-7,10-12H,8-9H2,1-4H3,(H,16,21)/t12-/m1/s1. The topological polar surface area (TPSA) is 72.3 Å². The Balaban J connectivity index is 1.88. The molecule has 0 aromatic carbocycles. The number of thiophene rings is 1. The molecule has 0 fully saturated rings. The van der Waals surface area contributed by atoms with Crippen LogP contribution < -0.4 is 5.32 Å². The summed E-state index contributed by atoms with van der Waals surface area (Å²) >= 11 is 1.61. The Hall–Kier alpha value is -1.93. The fourth-order valence-corrected chi connectivity index (χ4v) is 2.99. The minimum absolute atomic E-state index is 0.133. The zero-order valence-electron chi connectivity index (χ0n) is 13.9. The molecule has 2 aromatic rings. The molecule has 0 unspecified atom stereocenters. The first-order valence-electron chi connectivity index (χ1n) is 7.46. The summed E-state index contributed by atoms with van der Waals surface area (Å²) in [4.78, 5) is 14.9. The summed E-state index contributed by atoms with van der Waals surface area (Å²) in [5.74, 6) is 0.763. The first-order valence-corrected chi connectivity index (χ1v) is 8.34. The van der Waals surface area contributed by atoms with E-state index in [1.807, 2.05) is 22.1 Å². The van der Waals surface area contributed by atoms with Gasteiger partial charge in [-0.05, 0) is 25.3 Å². The van der Waals surface area contributed by atoms with E-state index in [9.17, 15) is 4.79 Å². The summed E-state index contributed by atoms with van der Waals surface area (Å²) < 4.78 is 7.38. The fraction of sp³-hybridized carbons (Fsp3) is 0.533. The number of hydrogen-bond donors (Lipinski definition) is 1. The minimum Gasteiger partial charge on any atom is -0.374 e. The average molecular weight is 337 g/mol. The molecule has 2 heterocycles. The molecule has 8 heteroatoms. The predicted octanol–water partition coefficient (Wildman–Crippen LogP) is 2.45. The smallest absolute Gasteiger partial charge is 0.317 e. The molecule has 0 bridgehead atoms. The number of nitrogens with one attached hydrogen (secondary N) is 1. The maximum absolute atomic E-state index is 12.2. The molecular weight excluding hydrogens is 314 g/mol. The quantitative estimate of drug-likeness (QED) is 0.842. The van der Waals surface area contributed by atoms with E-state index in [1.54, 1.807) is 36.7 Å². The van der Waals surface area contributed by atoms with E-state index in [2.05, 4.69) is 29.4 Å². The minimum atomic E-state index is -0.165. The van der Waals surface area contributed by atoms with Crippen LogP contribution in [0.2, 0.25) is 0 Å². The Labute approximate surface area is 140 Å². The number of nitrogens with zero attached hydrogens (tertiary/aromatic N) is 4. The number of methoxy groups -OCH3 is 1. The number of ether oxygens (including phenoxy) is 1. The van der Waals surface area contributed by atoms with E-state index in [0.29, 0.717) is 13.1 Å². The van der Waals surface area contributed by atoms with Gasteiger partial charge in [-0.25, -0.2) is 4.79 Å². The maximum atomic E-state index is 12.2. The van der Waals surface area contributed by atoms with Crippen LogP contribution >= 0.6 is 11.3 Å². The van der Waals surface area contributed by atoms with E-state index in [-0.39, 0.29) is 18.2 Å². The molecule has 0 spiro atoms. The first kappa shape index (κ1) is 17.4.